The third-order valence-corrected chi connectivity index (χ3v) is 0.979. The Morgan fingerprint density at radius 1 is 1.60 bits per heavy atom. The van der Waals surface area contributed by atoms with Crippen molar-refractivity contribution in [2.75, 3.05) is 13.7 Å². The van der Waals surface area contributed by atoms with Gasteiger partial charge in [-0.1, -0.05) is 0 Å². The third kappa shape index (κ3) is 5.56. The van der Waals surface area contributed by atoms with Crippen molar-refractivity contribution in [2.45, 2.75) is 19.8 Å². The van der Waals surface area contributed by atoms with Gasteiger partial charge in [0, 0.05) is 13.0 Å². The molecule has 0 aromatic rings. The predicted octanol–water partition coefficient (Wildman–Crippen LogP) is 1.14. The Labute approximate surface area is 61.3 Å². The highest BCUT2D eigenvalue weighted by Crippen LogP contribution is 1.96. The first kappa shape index (κ1) is 9.43. The van der Waals surface area contributed by atoms with Crippen LogP contribution in [0.3, 0.4) is 0 Å². The summed E-state index contributed by atoms with van der Waals surface area (Å²) in [4.78, 5) is 10.5. The molecule has 0 aliphatic heterocycles. The molecule has 0 saturated heterocycles. The molecule has 0 bridgehead atoms. The van der Waals surface area contributed by atoms with Gasteiger partial charge in [-0.25, -0.2) is 0 Å². The Bertz CT molecular complexity index is 90.9. The molecule has 1 radical (unpaired) electrons. The van der Waals surface area contributed by atoms with E-state index >= 15 is 0 Å². The molecule has 10 heavy (non-hydrogen) atoms. The first-order chi connectivity index (χ1) is 4.81. The highest BCUT2D eigenvalue weighted by molar-refractivity contribution is 5.69. The van der Waals surface area contributed by atoms with E-state index in [1.165, 1.54) is 7.11 Å². The van der Waals surface area contributed by atoms with Crippen LogP contribution in [-0.2, 0) is 14.3 Å². The van der Waals surface area contributed by atoms with Crippen LogP contribution < -0.4 is 0 Å². The fourth-order valence-corrected chi connectivity index (χ4v) is 0.480. The van der Waals surface area contributed by atoms with Gasteiger partial charge in [0.25, 0.3) is 0 Å². The van der Waals surface area contributed by atoms with Gasteiger partial charge in [0.2, 0.25) is 0 Å². The van der Waals surface area contributed by atoms with Gasteiger partial charge in [-0.2, -0.15) is 0 Å². The molecule has 0 N–H and O–H groups in total. The zero-order valence-electron chi connectivity index (χ0n) is 6.42. The molecule has 0 aromatic heterocycles. The molecule has 3 heteroatoms. The van der Waals surface area contributed by atoms with Gasteiger partial charge in [-0.3, -0.25) is 4.79 Å². The number of carbonyl (C=O) groups excluding carboxylic acids is 1. The van der Waals surface area contributed by atoms with Crippen molar-refractivity contribution in [3.63, 3.8) is 0 Å². The van der Waals surface area contributed by atoms with Crippen molar-refractivity contribution in [2.24, 2.45) is 0 Å². The average Bonchev–Trinajstić information content (AvgIpc) is 1.98. The number of methoxy groups -OCH3 is 1. The summed E-state index contributed by atoms with van der Waals surface area (Å²) in [5, 5.41) is 0. The van der Waals surface area contributed by atoms with Crippen molar-refractivity contribution in [3.05, 3.63) is 6.61 Å². The summed E-state index contributed by atoms with van der Waals surface area (Å²) in [5.74, 6) is -0.198. The Balaban J connectivity index is 2.96. The minimum absolute atomic E-state index is 0.198. The molecule has 0 fully saturated rings. The maximum Gasteiger partial charge on any atom is 0.305 e. The van der Waals surface area contributed by atoms with Gasteiger partial charge in [0.05, 0.1) is 13.7 Å². The van der Waals surface area contributed by atoms with Gasteiger partial charge in [-0.05, 0) is 13.3 Å². The van der Waals surface area contributed by atoms with E-state index in [1.807, 2.05) is 6.92 Å². The molecule has 0 rings (SSSR count). The lowest BCUT2D eigenvalue weighted by Crippen LogP contribution is -2.00. The second-order valence-corrected chi connectivity index (χ2v) is 1.74. The second-order valence-electron chi connectivity index (χ2n) is 1.74. The zero-order valence-corrected chi connectivity index (χ0v) is 6.42. The zero-order chi connectivity index (χ0) is 7.82. The van der Waals surface area contributed by atoms with E-state index in [0.717, 1.165) is 0 Å². The number of esters is 1. The van der Waals surface area contributed by atoms with Crippen LogP contribution in [0.2, 0.25) is 0 Å². The van der Waals surface area contributed by atoms with Gasteiger partial charge in [0.1, 0.15) is 0 Å². The lowest BCUT2D eigenvalue weighted by Gasteiger charge is -1.98. The van der Waals surface area contributed by atoms with E-state index in [-0.39, 0.29) is 5.97 Å². The van der Waals surface area contributed by atoms with E-state index in [2.05, 4.69) is 4.74 Å². The smallest absolute Gasteiger partial charge is 0.305 e. The van der Waals surface area contributed by atoms with Gasteiger partial charge in [-0.15, -0.1) is 0 Å². The maximum atomic E-state index is 10.5. The van der Waals surface area contributed by atoms with E-state index in [4.69, 9.17) is 4.74 Å². The molecule has 0 atom stereocenters. The number of rotatable bonds is 5. The molecule has 0 aliphatic carbocycles. The Morgan fingerprint density at radius 3 is 2.80 bits per heavy atom. The molecular formula is C7H13O3. The third-order valence-electron chi connectivity index (χ3n) is 0.979. The minimum atomic E-state index is -0.198. The second kappa shape index (κ2) is 6.55. The van der Waals surface area contributed by atoms with Crippen LogP contribution in [0.25, 0.3) is 0 Å². The Kier molecular flexibility index (Phi) is 6.18. The SMILES string of the molecule is CCO[CH]CCC(=O)OC. The number of carbonyl (C=O) groups is 1. The van der Waals surface area contributed by atoms with Crippen LogP contribution in [0.15, 0.2) is 0 Å². The van der Waals surface area contributed by atoms with Crippen molar-refractivity contribution >= 4 is 5.97 Å². The molecule has 0 unspecified atom stereocenters. The van der Waals surface area contributed by atoms with E-state index < -0.39 is 0 Å². The molecule has 0 amide bonds. The number of ether oxygens (including phenoxy) is 2. The quantitative estimate of drug-likeness (QED) is 0.430. The average molecular weight is 145 g/mol. The number of hydrogen-bond donors (Lipinski definition) is 0. The summed E-state index contributed by atoms with van der Waals surface area (Å²) in [6, 6.07) is 0. The molecule has 0 heterocycles. The summed E-state index contributed by atoms with van der Waals surface area (Å²) >= 11 is 0. The van der Waals surface area contributed by atoms with Crippen LogP contribution in [0.4, 0.5) is 0 Å². The maximum absolute atomic E-state index is 10.5. The normalized spacial score (nSPS) is 9.40. The molecule has 0 aromatic carbocycles. The highest BCUT2D eigenvalue weighted by Gasteiger charge is 1.98. The van der Waals surface area contributed by atoms with Crippen molar-refractivity contribution in [3.8, 4) is 0 Å². The first-order valence-corrected chi connectivity index (χ1v) is 3.31. The molecule has 59 valence electrons. The van der Waals surface area contributed by atoms with Crippen molar-refractivity contribution in [1.82, 2.24) is 0 Å². The lowest BCUT2D eigenvalue weighted by molar-refractivity contribution is -0.140. The van der Waals surface area contributed by atoms with Gasteiger partial charge >= 0.3 is 5.97 Å². The van der Waals surface area contributed by atoms with Crippen LogP contribution in [-0.4, -0.2) is 19.7 Å². The van der Waals surface area contributed by atoms with Gasteiger partial charge in [0.15, 0.2) is 0 Å². The highest BCUT2D eigenvalue weighted by atomic mass is 16.5. The monoisotopic (exact) mass is 145 g/mol. The van der Waals surface area contributed by atoms with Crippen LogP contribution in [0.5, 0.6) is 0 Å². The largest absolute Gasteiger partial charge is 0.469 e. The lowest BCUT2D eigenvalue weighted by atomic mass is 10.3. The molecule has 0 spiro atoms. The molecule has 0 saturated carbocycles. The Morgan fingerprint density at radius 2 is 2.30 bits per heavy atom. The van der Waals surface area contributed by atoms with Crippen molar-refractivity contribution in [1.29, 1.82) is 0 Å². The fraction of sp³-hybridized carbons (Fsp3) is 0.714. The van der Waals surface area contributed by atoms with Crippen LogP contribution in [0, 0.1) is 6.61 Å². The summed E-state index contributed by atoms with van der Waals surface area (Å²) in [5.41, 5.74) is 0. The van der Waals surface area contributed by atoms with E-state index in [0.29, 0.717) is 19.4 Å². The summed E-state index contributed by atoms with van der Waals surface area (Å²) < 4.78 is 9.31. The van der Waals surface area contributed by atoms with Crippen LogP contribution >= 0.6 is 0 Å². The van der Waals surface area contributed by atoms with Crippen LogP contribution in [0.1, 0.15) is 19.8 Å². The topological polar surface area (TPSA) is 35.5 Å². The molecule has 0 aliphatic rings. The minimum Gasteiger partial charge on any atom is -0.469 e. The summed E-state index contributed by atoms with van der Waals surface area (Å²) in [6.45, 7) is 4.17. The van der Waals surface area contributed by atoms with Crippen molar-refractivity contribution < 1.29 is 14.3 Å². The predicted molar refractivity (Wildman–Crippen MR) is 37.2 cm³/mol. The fourth-order valence-electron chi connectivity index (χ4n) is 0.480. The molecule has 3 nitrogen and oxygen atoms in total. The van der Waals surface area contributed by atoms with E-state index in [9.17, 15) is 4.79 Å². The van der Waals surface area contributed by atoms with Gasteiger partial charge < -0.3 is 9.47 Å². The summed E-state index contributed by atoms with van der Waals surface area (Å²) in [6.07, 6.45) is 1.02. The Hall–Kier alpha value is -0.570. The first-order valence-electron chi connectivity index (χ1n) is 3.31. The van der Waals surface area contributed by atoms with E-state index in [1.54, 1.807) is 6.61 Å². The standard InChI is InChI=1S/C7H13O3/c1-3-10-6-4-5-7(8)9-2/h6H,3-5H2,1-2H3. The summed E-state index contributed by atoms with van der Waals surface area (Å²) in [7, 11) is 1.38. The number of hydrogen-bond acceptors (Lipinski definition) is 3. The molecular weight excluding hydrogens is 132 g/mol.